The Hall–Kier alpha value is -2.08. The van der Waals surface area contributed by atoms with Gasteiger partial charge in [0.2, 0.25) is 11.8 Å². The van der Waals surface area contributed by atoms with Gasteiger partial charge in [0, 0.05) is 19.2 Å². The third kappa shape index (κ3) is 3.96. The molecule has 1 aliphatic heterocycles. The van der Waals surface area contributed by atoms with E-state index in [-0.39, 0.29) is 11.8 Å². The number of morpholine rings is 1. The number of nitrogens with zero attached hydrogens (tertiary/aromatic N) is 1. The minimum atomic E-state index is -0.554. The van der Waals surface area contributed by atoms with Crippen molar-refractivity contribution in [2.45, 2.75) is 13.0 Å². The Balaban J connectivity index is 1.82. The van der Waals surface area contributed by atoms with E-state index in [1.165, 1.54) is 12.3 Å². The van der Waals surface area contributed by atoms with E-state index in [1.54, 1.807) is 30.0 Å². The third-order valence-corrected chi connectivity index (χ3v) is 2.99. The van der Waals surface area contributed by atoms with Crippen molar-refractivity contribution in [3.05, 3.63) is 30.2 Å². The van der Waals surface area contributed by atoms with Gasteiger partial charge in [-0.25, -0.2) is 0 Å². The Labute approximate surface area is 117 Å². The predicted molar refractivity (Wildman–Crippen MR) is 72.7 cm³/mol. The van der Waals surface area contributed by atoms with E-state index in [2.05, 4.69) is 5.32 Å². The van der Waals surface area contributed by atoms with Crippen LogP contribution >= 0.6 is 0 Å². The van der Waals surface area contributed by atoms with Crippen LogP contribution in [0.1, 0.15) is 12.7 Å². The van der Waals surface area contributed by atoms with E-state index >= 15 is 0 Å². The molecule has 0 aromatic carbocycles. The van der Waals surface area contributed by atoms with Gasteiger partial charge in [-0.3, -0.25) is 9.59 Å². The second-order valence-electron chi connectivity index (χ2n) is 4.52. The summed E-state index contributed by atoms with van der Waals surface area (Å²) in [4.78, 5) is 25.5. The molecule has 0 aliphatic carbocycles. The van der Waals surface area contributed by atoms with Crippen molar-refractivity contribution < 1.29 is 18.7 Å². The molecule has 1 fully saturated rings. The molecule has 1 atom stereocenters. The summed E-state index contributed by atoms with van der Waals surface area (Å²) in [6.45, 7) is 3.91. The summed E-state index contributed by atoms with van der Waals surface area (Å²) in [6, 6.07) is 2.93. The number of carbonyl (C=O) groups excluding carboxylic acids is 2. The highest BCUT2D eigenvalue weighted by Crippen LogP contribution is 2.03. The van der Waals surface area contributed by atoms with Crippen molar-refractivity contribution in [1.82, 2.24) is 10.2 Å². The maximum absolute atomic E-state index is 12.1. The monoisotopic (exact) mass is 278 g/mol. The molecule has 2 heterocycles. The number of rotatable bonds is 4. The lowest BCUT2D eigenvalue weighted by Gasteiger charge is -2.29. The fourth-order valence-corrected chi connectivity index (χ4v) is 1.92. The number of nitrogens with one attached hydrogen (secondary N) is 1. The summed E-state index contributed by atoms with van der Waals surface area (Å²) in [5.74, 6) is 0.177. The number of hydrogen-bond donors (Lipinski definition) is 1. The quantitative estimate of drug-likeness (QED) is 0.821. The molecule has 0 spiro atoms. The van der Waals surface area contributed by atoms with E-state index in [0.717, 1.165) is 0 Å². The minimum absolute atomic E-state index is 0.0898. The first-order chi connectivity index (χ1) is 9.66. The topological polar surface area (TPSA) is 71.8 Å². The minimum Gasteiger partial charge on any atom is -0.465 e. The molecule has 1 saturated heterocycles. The molecule has 1 aromatic heterocycles. The fraction of sp³-hybridized carbons (Fsp3) is 0.429. The van der Waals surface area contributed by atoms with Crippen LogP contribution in [-0.4, -0.2) is 49.1 Å². The molecule has 0 saturated carbocycles. The summed E-state index contributed by atoms with van der Waals surface area (Å²) in [7, 11) is 0. The van der Waals surface area contributed by atoms with Crippen LogP contribution in [0.5, 0.6) is 0 Å². The second kappa shape index (κ2) is 6.91. The Morgan fingerprint density at radius 1 is 1.40 bits per heavy atom. The van der Waals surface area contributed by atoms with Crippen LogP contribution in [0.25, 0.3) is 6.08 Å². The number of ether oxygens (including phenoxy) is 1. The van der Waals surface area contributed by atoms with E-state index in [9.17, 15) is 9.59 Å². The van der Waals surface area contributed by atoms with Gasteiger partial charge in [0.15, 0.2) is 0 Å². The largest absolute Gasteiger partial charge is 0.465 e. The standard InChI is InChI=1S/C14H18N2O4/c1-11(14(18)16-6-9-19-10-7-16)15-13(17)5-4-12-3-2-8-20-12/h2-5,8,11H,6-7,9-10H2,1H3,(H,15,17)/b5-4-/t11-/m1/s1. The molecule has 0 radical (unpaired) electrons. The Kier molecular flexibility index (Phi) is 4.95. The summed E-state index contributed by atoms with van der Waals surface area (Å²) < 4.78 is 10.3. The van der Waals surface area contributed by atoms with Gasteiger partial charge in [0.05, 0.1) is 19.5 Å². The first-order valence-electron chi connectivity index (χ1n) is 6.55. The van der Waals surface area contributed by atoms with Crippen molar-refractivity contribution in [3.8, 4) is 0 Å². The smallest absolute Gasteiger partial charge is 0.245 e. The van der Waals surface area contributed by atoms with Crippen LogP contribution < -0.4 is 5.32 Å². The van der Waals surface area contributed by atoms with E-state index < -0.39 is 6.04 Å². The van der Waals surface area contributed by atoms with Crippen LogP contribution in [0.3, 0.4) is 0 Å². The van der Waals surface area contributed by atoms with E-state index in [0.29, 0.717) is 32.1 Å². The molecule has 1 N–H and O–H groups in total. The second-order valence-corrected chi connectivity index (χ2v) is 4.52. The molecule has 2 rings (SSSR count). The molecule has 0 bridgehead atoms. The van der Waals surface area contributed by atoms with E-state index in [1.807, 2.05) is 0 Å². The predicted octanol–water partition coefficient (Wildman–Crippen LogP) is 0.656. The molecular weight excluding hydrogens is 260 g/mol. The van der Waals surface area contributed by atoms with Gasteiger partial charge in [-0.05, 0) is 25.1 Å². The number of hydrogen-bond acceptors (Lipinski definition) is 4. The average molecular weight is 278 g/mol. The maximum Gasteiger partial charge on any atom is 0.245 e. The average Bonchev–Trinajstić information content (AvgIpc) is 2.98. The zero-order chi connectivity index (χ0) is 14.4. The maximum atomic E-state index is 12.1. The SMILES string of the molecule is C[C@@H](NC(=O)/C=C\c1ccco1)C(=O)N1CCOCC1. The molecule has 6 heteroatoms. The van der Waals surface area contributed by atoms with Crippen LogP contribution in [0.4, 0.5) is 0 Å². The third-order valence-electron chi connectivity index (χ3n) is 2.99. The first kappa shape index (κ1) is 14.3. The molecule has 6 nitrogen and oxygen atoms in total. The van der Waals surface area contributed by atoms with Gasteiger partial charge in [-0.1, -0.05) is 0 Å². The van der Waals surface area contributed by atoms with Crippen LogP contribution in [0, 0.1) is 0 Å². The van der Waals surface area contributed by atoms with Crippen molar-refractivity contribution in [3.63, 3.8) is 0 Å². The summed E-state index contributed by atoms with van der Waals surface area (Å²) in [6.07, 6.45) is 4.44. The van der Waals surface area contributed by atoms with Gasteiger partial charge in [-0.15, -0.1) is 0 Å². The Bertz CT molecular complexity index is 475. The molecule has 20 heavy (non-hydrogen) atoms. The Morgan fingerprint density at radius 2 is 2.15 bits per heavy atom. The van der Waals surface area contributed by atoms with Gasteiger partial charge < -0.3 is 19.4 Å². The Morgan fingerprint density at radius 3 is 2.80 bits per heavy atom. The summed E-state index contributed by atoms with van der Waals surface area (Å²) in [5.41, 5.74) is 0. The zero-order valence-corrected chi connectivity index (χ0v) is 11.4. The van der Waals surface area contributed by atoms with Crippen molar-refractivity contribution in [1.29, 1.82) is 0 Å². The van der Waals surface area contributed by atoms with Crippen molar-refractivity contribution in [2.24, 2.45) is 0 Å². The number of furan rings is 1. The van der Waals surface area contributed by atoms with Gasteiger partial charge in [0.1, 0.15) is 11.8 Å². The van der Waals surface area contributed by atoms with Crippen molar-refractivity contribution >= 4 is 17.9 Å². The lowest BCUT2D eigenvalue weighted by molar-refractivity contribution is -0.138. The number of carbonyl (C=O) groups is 2. The molecule has 2 amide bonds. The molecule has 108 valence electrons. The highest BCUT2D eigenvalue weighted by atomic mass is 16.5. The first-order valence-corrected chi connectivity index (χ1v) is 6.55. The van der Waals surface area contributed by atoms with Crippen molar-refractivity contribution in [2.75, 3.05) is 26.3 Å². The zero-order valence-electron chi connectivity index (χ0n) is 11.4. The van der Waals surface area contributed by atoms with Crippen LogP contribution in [-0.2, 0) is 14.3 Å². The molecule has 1 aromatic rings. The van der Waals surface area contributed by atoms with Crippen LogP contribution in [0.15, 0.2) is 28.9 Å². The van der Waals surface area contributed by atoms with Crippen LogP contribution in [0.2, 0.25) is 0 Å². The highest BCUT2D eigenvalue weighted by molar-refractivity contribution is 5.95. The normalized spacial score (nSPS) is 17.1. The summed E-state index contributed by atoms with van der Waals surface area (Å²) in [5, 5.41) is 2.64. The lowest BCUT2D eigenvalue weighted by Crippen LogP contribution is -2.50. The molecular formula is C14H18N2O4. The highest BCUT2D eigenvalue weighted by Gasteiger charge is 2.22. The van der Waals surface area contributed by atoms with Gasteiger partial charge in [0.25, 0.3) is 0 Å². The van der Waals surface area contributed by atoms with Gasteiger partial charge in [-0.2, -0.15) is 0 Å². The molecule has 0 unspecified atom stereocenters. The molecule has 1 aliphatic rings. The van der Waals surface area contributed by atoms with Gasteiger partial charge >= 0.3 is 0 Å². The number of amides is 2. The fourth-order valence-electron chi connectivity index (χ4n) is 1.92. The summed E-state index contributed by atoms with van der Waals surface area (Å²) >= 11 is 0. The lowest BCUT2D eigenvalue weighted by atomic mass is 10.2. The van der Waals surface area contributed by atoms with E-state index in [4.69, 9.17) is 9.15 Å².